The van der Waals surface area contributed by atoms with Gasteiger partial charge in [0, 0.05) is 55.9 Å². The highest BCUT2D eigenvalue weighted by molar-refractivity contribution is 7.92. The van der Waals surface area contributed by atoms with Crippen LogP contribution in [0.1, 0.15) is 24.0 Å². The molecule has 190 valence electrons. The molecule has 2 unspecified atom stereocenters. The van der Waals surface area contributed by atoms with Gasteiger partial charge in [-0.3, -0.25) is 14.4 Å². The van der Waals surface area contributed by atoms with Crippen molar-refractivity contribution in [2.45, 2.75) is 31.8 Å². The van der Waals surface area contributed by atoms with E-state index in [1.807, 2.05) is 23.1 Å². The Kier molecular flexibility index (Phi) is 8.16. The van der Waals surface area contributed by atoms with Gasteiger partial charge in [0.15, 0.2) is 0 Å². The van der Waals surface area contributed by atoms with Gasteiger partial charge in [-0.2, -0.15) is 0 Å². The molecule has 1 aromatic carbocycles. The summed E-state index contributed by atoms with van der Waals surface area (Å²) in [4.78, 5) is 21.6. The van der Waals surface area contributed by atoms with Crippen LogP contribution < -0.4 is 15.8 Å². The molecule has 11 heteroatoms. The lowest BCUT2D eigenvalue weighted by Gasteiger charge is -2.38. The first-order valence-corrected chi connectivity index (χ1v) is 14.1. The maximum Gasteiger partial charge on any atom is 0.229 e. The van der Waals surface area contributed by atoms with Gasteiger partial charge in [0.2, 0.25) is 15.9 Å². The number of nitrogens with zero attached hydrogens (tertiary/aromatic N) is 3. The molecule has 0 spiro atoms. The predicted octanol–water partition coefficient (Wildman–Crippen LogP) is 1.94. The lowest BCUT2D eigenvalue weighted by molar-refractivity contribution is -0.138. The summed E-state index contributed by atoms with van der Waals surface area (Å²) in [5, 5.41) is 4.01. The second kappa shape index (κ2) is 11.1. The number of nitrogen functional groups attached to an aromatic ring is 1. The van der Waals surface area contributed by atoms with Gasteiger partial charge in [-0.05, 0) is 55.1 Å². The molecule has 0 bridgehead atoms. The number of carbonyl (C=O) groups excluding carboxylic acids is 1. The minimum absolute atomic E-state index is 0.0244. The number of anilines is 2. The van der Waals surface area contributed by atoms with Crippen molar-refractivity contribution < 1.29 is 13.2 Å². The Hall–Kier alpha value is -2.40. The number of amides is 1. The number of pyridine rings is 1. The van der Waals surface area contributed by atoms with Crippen LogP contribution >= 0.6 is 11.6 Å². The molecule has 4 N–H and O–H groups in total. The van der Waals surface area contributed by atoms with Crippen molar-refractivity contribution >= 4 is 39.0 Å². The third-order valence-corrected chi connectivity index (χ3v) is 7.44. The largest absolute Gasteiger partial charge is 0.384 e. The van der Waals surface area contributed by atoms with Gasteiger partial charge in [0.05, 0.1) is 11.9 Å². The van der Waals surface area contributed by atoms with Gasteiger partial charge in [0.25, 0.3) is 0 Å². The number of hydrogen-bond donors (Lipinski definition) is 3. The Morgan fingerprint density at radius 3 is 2.69 bits per heavy atom. The average molecular weight is 521 g/mol. The van der Waals surface area contributed by atoms with Crippen molar-refractivity contribution in [2.24, 2.45) is 5.92 Å². The van der Waals surface area contributed by atoms with Crippen LogP contribution in [0.25, 0.3) is 0 Å². The number of rotatable bonds is 7. The molecule has 4 rings (SSSR count). The topological polar surface area (TPSA) is 121 Å². The molecule has 0 saturated carbocycles. The number of aromatic nitrogens is 1. The number of piperidine rings is 1. The number of benzene rings is 1. The molecule has 2 aromatic rings. The van der Waals surface area contributed by atoms with Crippen molar-refractivity contribution in [3.05, 3.63) is 52.7 Å². The second-order valence-corrected chi connectivity index (χ2v) is 11.6. The monoisotopic (exact) mass is 520 g/mol. The fraction of sp³-hybridized carbons (Fsp3) is 0.500. The maximum absolute atomic E-state index is 13.3. The van der Waals surface area contributed by atoms with Crippen molar-refractivity contribution in [2.75, 3.05) is 49.4 Å². The van der Waals surface area contributed by atoms with Crippen molar-refractivity contribution in [3.8, 4) is 0 Å². The quantitative estimate of drug-likeness (QED) is 0.510. The van der Waals surface area contributed by atoms with Crippen LogP contribution in [0.3, 0.4) is 0 Å². The van der Waals surface area contributed by atoms with Crippen LogP contribution in [0.15, 0.2) is 36.5 Å². The molecular weight excluding hydrogens is 488 g/mol. The minimum Gasteiger partial charge on any atom is -0.384 e. The van der Waals surface area contributed by atoms with Crippen LogP contribution in [0.2, 0.25) is 5.02 Å². The molecule has 1 amide bonds. The fourth-order valence-corrected chi connectivity index (χ4v) is 5.60. The summed E-state index contributed by atoms with van der Waals surface area (Å²) in [5.74, 6) is 0.769. The van der Waals surface area contributed by atoms with Gasteiger partial charge in [-0.25, -0.2) is 13.4 Å². The summed E-state index contributed by atoms with van der Waals surface area (Å²) in [6.45, 7) is 4.21. The van der Waals surface area contributed by atoms with Gasteiger partial charge in [-0.1, -0.05) is 23.7 Å². The Labute approximate surface area is 212 Å². The van der Waals surface area contributed by atoms with E-state index in [-0.39, 0.29) is 17.9 Å². The van der Waals surface area contributed by atoms with Crippen LogP contribution in [0.5, 0.6) is 0 Å². The highest BCUT2D eigenvalue weighted by Gasteiger charge is 2.32. The number of carbonyl (C=O) groups is 1. The van der Waals surface area contributed by atoms with Crippen LogP contribution in [-0.4, -0.2) is 74.1 Å². The zero-order chi connectivity index (χ0) is 25.0. The molecule has 2 saturated heterocycles. The van der Waals surface area contributed by atoms with E-state index in [4.69, 9.17) is 17.3 Å². The van der Waals surface area contributed by atoms with E-state index in [2.05, 4.69) is 19.9 Å². The van der Waals surface area contributed by atoms with E-state index in [1.54, 1.807) is 18.3 Å². The average Bonchev–Trinajstić information content (AvgIpc) is 2.81. The van der Waals surface area contributed by atoms with Gasteiger partial charge in [-0.15, -0.1) is 0 Å². The summed E-state index contributed by atoms with van der Waals surface area (Å²) < 4.78 is 26.0. The number of piperazine rings is 1. The number of halogens is 1. The minimum atomic E-state index is -3.41. The lowest BCUT2D eigenvalue weighted by atomic mass is 9.88. The summed E-state index contributed by atoms with van der Waals surface area (Å²) in [6, 6.07) is 9.29. The van der Waals surface area contributed by atoms with E-state index in [9.17, 15) is 13.2 Å². The summed E-state index contributed by atoms with van der Waals surface area (Å²) in [6.07, 6.45) is 5.42. The molecule has 2 fully saturated rings. The lowest BCUT2D eigenvalue weighted by Crippen LogP contribution is -2.52. The normalized spacial score (nSPS) is 21.6. The molecule has 2 aliphatic heterocycles. The number of nitrogens with one attached hydrogen (secondary N) is 2. The van der Waals surface area contributed by atoms with Gasteiger partial charge < -0.3 is 16.0 Å². The summed E-state index contributed by atoms with van der Waals surface area (Å²) in [7, 11) is -3.41. The van der Waals surface area contributed by atoms with Crippen molar-refractivity contribution in [1.82, 2.24) is 20.1 Å². The molecule has 35 heavy (non-hydrogen) atoms. The first-order valence-electron chi connectivity index (χ1n) is 11.9. The Morgan fingerprint density at radius 2 is 2.00 bits per heavy atom. The van der Waals surface area contributed by atoms with Crippen molar-refractivity contribution in [1.29, 1.82) is 0 Å². The van der Waals surface area contributed by atoms with E-state index in [0.717, 1.165) is 56.3 Å². The van der Waals surface area contributed by atoms with Crippen molar-refractivity contribution in [3.63, 3.8) is 0 Å². The highest BCUT2D eigenvalue weighted by Crippen LogP contribution is 2.25. The molecular formula is C24H33ClN6O3S. The molecule has 3 heterocycles. The maximum atomic E-state index is 13.3. The standard InChI is InChI=1S/C24H33ClN6O3S/c1-35(33,34)29-22-14-20(25)4-3-19(22)16-30-8-10-31(11-9-30)24(32)18-6-7-27-21(13-18)12-17-2-5-23(26)28-15-17/h2-5,14-15,18,21,27,29H,6-13,16H2,1H3,(H2,26,28). The van der Waals surface area contributed by atoms with Gasteiger partial charge in [0.1, 0.15) is 5.82 Å². The second-order valence-electron chi connectivity index (χ2n) is 9.44. The summed E-state index contributed by atoms with van der Waals surface area (Å²) >= 11 is 6.07. The van der Waals surface area contributed by atoms with E-state index < -0.39 is 10.0 Å². The van der Waals surface area contributed by atoms with Crippen LogP contribution in [-0.2, 0) is 27.8 Å². The third-order valence-electron chi connectivity index (χ3n) is 6.62. The van der Waals surface area contributed by atoms with E-state index in [0.29, 0.717) is 36.2 Å². The van der Waals surface area contributed by atoms with E-state index >= 15 is 0 Å². The Morgan fingerprint density at radius 1 is 1.23 bits per heavy atom. The SMILES string of the molecule is CS(=O)(=O)Nc1cc(Cl)ccc1CN1CCN(C(=O)C2CCNC(Cc3ccc(N)nc3)C2)CC1. The van der Waals surface area contributed by atoms with Crippen LogP contribution in [0.4, 0.5) is 11.5 Å². The Bertz CT molecular complexity index is 1140. The number of hydrogen-bond acceptors (Lipinski definition) is 7. The highest BCUT2D eigenvalue weighted by atomic mass is 35.5. The molecule has 0 radical (unpaired) electrons. The molecule has 1 aromatic heterocycles. The summed E-state index contributed by atoms with van der Waals surface area (Å²) in [5.41, 5.74) is 8.15. The first-order chi connectivity index (χ1) is 16.7. The zero-order valence-corrected chi connectivity index (χ0v) is 21.5. The van der Waals surface area contributed by atoms with Gasteiger partial charge >= 0.3 is 0 Å². The number of nitrogens with two attached hydrogens (primary N) is 1. The fourth-order valence-electron chi connectivity index (χ4n) is 4.83. The number of sulfonamides is 1. The predicted molar refractivity (Wildman–Crippen MR) is 139 cm³/mol. The zero-order valence-electron chi connectivity index (χ0n) is 19.9. The molecule has 0 aliphatic carbocycles. The molecule has 2 atom stereocenters. The first kappa shape index (κ1) is 25.7. The van der Waals surface area contributed by atoms with Crippen LogP contribution in [0, 0.1) is 5.92 Å². The van der Waals surface area contributed by atoms with E-state index in [1.165, 1.54) is 0 Å². The Balaban J connectivity index is 1.30. The molecule has 2 aliphatic rings. The smallest absolute Gasteiger partial charge is 0.229 e. The molecule has 9 nitrogen and oxygen atoms in total. The third kappa shape index (κ3) is 7.30.